The molecule has 0 spiro atoms. The van der Waals surface area contributed by atoms with Crippen molar-refractivity contribution in [1.29, 1.82) is 0 Å². The average molecular weight is 195 g/mol. The van der Waals surface area contributed by atoms with Crippen LogP contribution in [0.5, 0.6) is 0 Å². The Morgan fingerprint density at radius 1 is 1.43 bits per heavy atom. The number of rotatable bonds is 3. The van der Waals surface area contributed by atoms with Crippen LogP contribution < -0.4 is 0 Å². The first-order valence-corrected chi connectivity index (χ1v) is 4.62. The molecule has 0 bridgehead atoms. The van der Waals surface area contributed by atoms with Gasteiger partial charge in [-0.05, 0) is 26.3 Å². The second-order valence-corrected chi connectivity index (χ2v) is 4.01. The Morgan fingerprint density at radius 2 is 2.07 bits per heavy atom. The number of aliphatic hydroxyl groups excluding tert-OH is 1. The molecule has 14 heavy (non-hydrogen) atoms. The van der Waals surface area contributed by atoms with Gasteiger partial charge in [0.25, 0.3) is 0 Å². The largest absolute Gasteiger partial charge is 0.385 e. The highest BCUT2D eigenvalue weighted by Gasteiger charge is 2.28. The first-order chi connectivity index (χ1) is 6.47. The molecule has 0 saturated carbocycles. The molecule has 1 aromatic rings. The lowest BCUT2D eigenvalue weighted by Gasteiger charge is -2.29. The number of aromatic nitrogens is 1. The molecule has 0 aliphatic carbocycles. The van der Waals surface area contributed by atoms with Gasteiger partial charge in [-0.3, -0.25) is 4.98 Å². The van der Waals surface area contributed by atoms with E-state index in [-0.39, 0.29) is 0 Å². The molecule has 0 fully saturated rings. The third-order valence-electron chi connectivity index (χ3n) is 2.40. The molecule has 0 saturated heterocycles. The van der Waals surface area contributed by atoms with E-state index < -0.39 is 11.7 Å². The van der Waals surface area contributed by atoms with Crippen LogP contribution in [0.1, 0.15) is 31.1 Å². The van der Waals surface area contributed by atoms with Crippen LogP contribution in [-0.2, 0) is 4.74 Å². The third-order valence-corrected chi connectivity index (χ3v) is 2.40. The number of methoxy groups -OCH3 is 1. The summed E-state index contributed by atoms with van der Waals surface area (Å²) < 4.78 is 5.22. The van der Waals surface area contributed by atoms with E-state index in [4.69, 9.17) is 4.74 Å². The van der Waals surface area contributed by atoms with Gasteiger partial charge in [0.15, 0.2) is 0 Å². The van der Waals surface area contributed by atoms with Crippen molar-refractivity contribution in [3.05, 3.63) is 29.6 Å². The molecular weight excluding hydrogens is 178 g/mol. The fraction of sp³-hybridized carbons (Fsp3) is 0.545. The first-order valence-electron chi connectivity index (χ1n) is 4.62. The van der Waals surface area contributed by atoms with Gasteiger partial charge in [-0.15, -0.1) is 0 Å². The van der Waals surface area contributed by atoms with Crippen LogP contribution in [0.15, 0.2) is 18.5 Å². The van der Waals surface area contributed by atoms with E-state index in [1.165, 1.54) is 0 Å². The summed E-state index contributed by atoms with van der Waals surface area (Å²) in [5, 5.41) is 10.0. The zero-order valence-electron chi connectivity index (χ0n) is 9.11. The normalized spacial score (nSPS) is 14.1. The minimum Gasteiger partial charge on any atom is -0.385 e. The van der Waals surface area contributed by atoms with E-state index in [1.807, 2.05) is 26.8 Å². The van der Waals surface area contributed by atoms with Crippen molar-refractivity contribution in [1.82, 2.24) is 4.98 Å². The van der Waals surface area contributed by atoms with Crippen molar-refractivity contribution >= 4 is 0 Å². The lowest BCUT2D eigenvalue weighted by Crippen LogP contribution is -2.31. The highest BCUT2D eigenvalue weighted by molar-refractivity contribution is 5.20. The van der Waals surface area contributed by atoms with Crippen molar-refractivity contribution in [2.45, 2.75) is 32.5 Å². The summed E-state index contributed by atoms with van der Waals surface area (Å²) in [5.41, 5.74) is 1.24. The molecule has 1 atom stereocenters. The highest BCUT2D eigenvalue weighted by Crippen LogP contribution is 2.27. The predicted molar refractivity (Wildman–Crippen MR) is 55.0 cm³/mol. The molecule has 0 amide bonds. The summed E-state index contributed by atoms with van der Waals surface area (Å²) in [7, 11) is 1.59. The maximum absolute atomic E-state index is 10.0. The van der Waals surface area contributed by atoms with Crippen LogP contribution >= 0.6 is 0 Å². The quantitative estimate of drug-likeness (QED) is 0.800. The molecule has 0 aliphatic heterocycles. The second kappa shape index (κ2) is 4.07. The van der Waals surface area contributed by atoms with Gasteiger partial charge in [0.1, 0.15) is 6.10 Å². The zero-order valence-corrected chi connectivity index (χ0v) is 9.11. The van der Waals surface area contributed by atoms with Gasteiger partial charge in [-0.25, -0.2) is 0 Å². The van der Waals surface area contributed by atoms with E-state index in [2.05, 4.69) is 4.98 Å². The van der Waals surface area contributed by atoms with Crippen LogP contribution in [0.3, 0.4) is 0 Å². The Hall–Kier alpha value is -0.930. The van der Waals surface area contributed by atoms with E-state index in [1.54, 1.807) is 19.5 Å². The lowest BCUT2D eigenvalue weighted by molar-refractivity contribution is -0.0794. The zero-order chi connectivity index (χ0) is 10.8. The molecule has 78 valence electrons. The Kier molecular flexibility index (Phi) is 3.24. The Bertz CT molecular complexity index is 310. The fourth-order valence-corrected chi connectivity index (χ4v) is 1.24. The molecule has 0 aliphatic rings. The molecule has 3 nitrogen and oxygen atoms in total. The molecular formula is C11H17NO2. The summed E-state index contributed by atoms with van der Waals surface area (Å²) in [6.07, 6.45) is 2.77. The van der Waals surface area contributed by atoms with Crippen molar-refractivity contribution in [2.75, 3.05) is 7.11 Å². The Morgan fingerprint density at radius 3 is 2.57 bits per heavy atom. The molecule has 1 unspecified atom stereocenters. The number of nitrogens with zero attached hydrogens (tertiary/aromatic N) is 1. The monoisotopic (exact) mass is 195 g/mol. The summed E-state index contributed by atoms with van der Waals surface area (Å²) in [6, 6.07) is 1.92. The van der Waals surface area contributed by atoms with E-state index in [0.717, 1.165) is 11.1 Å². The summed E-state index contributed by atoms with van der Waals surface area (Å²) >= 11 is 0. The Labute approximate surface area is 84.7 Å². The van der Waals surface area contributed by atoms with Gasteiger partial charge in [0.2, 0.25) is 0 Å². The van der Waals surface area contributed by atoms with Gasteiger partial charge in [-0.1, -0.05) is 6.07 Å². The molecule has 1 heterocycles. The predicted octanol–water partition coefficient (Wildman–Crippen LogP) is 1.85. The fourth-order valence-electron chi connectivity index (χ4n) is 1.24. The minimum absolute atomic E-state index is 0.588. The number of hydrogen-bond acceptors (Lipinski definition) is 3. The van der Waals surface area contributed by atoms with Crippen molar-refractivity contribution < 1.29 is 9.84 Å². The van der Waals surface area contributed by atoms with Crippen LogP contribution in [0.25, 0.3) is 0 Å². The number of aryl methyl sites for hydroxylation is 1. The summed E-state index contributed by atoms with van der Waals surface area (Å²) in [4.78, 5) is 4.04. The van der Waals surface area contributed by atoms with Gasteiger partial charge >= 0.3 is 0 Å². The second-order valence-electron chi connectivity index (χ2n) is 4.01. The van der Waals surface area contributed by atoms with Crippen LogP contribution in [0.2, 0.25) is 0 Å². The molecule has 0 aromatic carbocycles. The maximum atomic E-state index is 10.0. The first kappa shape index (κ1) is 11.1. The molecule has 1 N–H and O–H groups in total. The highest BCUT2D eigenvalue weighted by atomic mass is 16.5. The SMILES string of the molecule is COC(C)(C)C(O)c1cncc(C)c1. The topological polar surface area (TPSA) is 42.4 Å². The van der Waals surface area contributed by atoms with Gasteiger partial charge in [-0.2, -0.15) is 0 Å². The summed E-state index contributed by atoms with van der Waals surface area (Å²) in [5.74, 6) is 0. The summed E-state index contributed by atoms with van der Waals surface area (Å²) in [6.45, 7) is 5.64. The minimum atomic E-state index is -0.653. The molecule has 0 radical (unpaired) electrons. The van der Waals surface area contributed by atoms with Crippen molar-refractivity contribution in [3.8, 4) is 0 Å². The molecule has 3 heteroatoms. The van der Waals surface area contributed by atoms with Crippen LogP contribution in [-0.4, -0.2) is 22.8 Å². The smallest absolute Gasteiger partial charge is 0.109 e. The average Bonchev–Trinajstić information content (AvgIpc) is 2.16. The van der Waals surface area contributed by atoms with E-state index in [9.17, 15) is 5.11 Å². The third kappa shape index (κ3) is 2.30. The Balaban J connectivity index is 2.94. The van der Waals surface area contributed by atoms with Gasteiger partial charge in [0, 0.05) is 25.1 Å². The lowest BCUT2D eigenvalue weighted by atomic mass is 9.95. The van der Waals surface area contributed by atoms with Crippen molar-refractivity contribution in [3.63, 3.8) is 0 Å². The molecule has 1 aromatic heterocycles. The van der Waals surface area contributed by atoms with Crippen LogP contribution in [0, 0.1) is 6.92 Å². The number of hydrogen-bond donors (Lipinski definition) is 1. The van der Waals surface area contributed by atoms with Crippen LogP contribution in [0.4, 0.5) is 0 Å². The number of ether oxygens (including phenoxy) is 1. The molecule has 1 rings (SSSR count). The number of pyridine rings is 1. The van der Waals surface area contributed by atoms with Crippen molar-refractivity contribution in [2.24, 2.45) is 0 Å². The standard InChI is InChI=1S/C11H17NO2/c1-8-5-9(7-12-6-8)10(13)11(2,3)14-4/h5-7,10,13H,1-4H3. The van der Waals surface area contributed by atoms with Gasteiger partial charge < -0.3 is 9.84 Å². The maximum Gasteiger partial charge on any atom is 0.109 e. The number of aliphatic hydroxyl groups is 1. The van der Waals surface area contributed by atoms with E-state index >= 15 is 0 Å². The van der Waals surface area contributed by atoms with E-state index in [0.29, 0.717) is 0 Å². The van der Waals surface area contributed by atoms with Gasteiger partial charge in [0.05, 0.1) is 5.60 Å².